The number of pyridine rings is 1. The van der Waals surface area contributed by atoms with Gasteiger partial charge in [-0.3, -0.25) is 15.1 Å². The standard InChI is InChI=1S/C11H7BrN2O2/c12-10-2-1-7-13-11(10)8-3-5-9(6-4-8)14(15)16/h1-7H. The van der Waals surface area contributed by atoms with E-state index >= 15 is 0 Å². The molecule has 0 aliphatic heterocycles. The fourth-order valence-electron chi connectivity index (χ4n) is 1.34. The molecule has 0 unspecified atom stereocenters. The SMILES string of the molecule is O=[N+]([O-])c1ccc(-c2ncccc2Br)cc1. The molecule has 4 nitrogen and oxygen atoms in total. The van der Waals surface area contributed by atoms with Gasteiger partial charge in [0.1, 0.15) is 0 Å². The highest BCUT2D eigenvalue weighted by molar-refractivity contribution is 9.10. The van der Waals surface area contributed by atoms with Crippen molar-refractivity contribution in [2.45, 2.75) is 0 Å². The third kappa shape index (κ3) is 2.09. The van der Waals surface area contributed by atoms with Crippen LogP contribution < -0.4 is 0 Å². The van der Waals surface area contributed by atoms with Crippen LogP contribution >= 0.6 is 15.9 Å². The van der Waals surface area contributed by atoms with Crippen molar-refractivity contribution in [2.75, 3.05) is 0 Å². The van der Waals surface area contributed by atoms with Crippen molar-refractivity contribution in [1.29, 1.82) is 0 Å². The van der Waals surface area contributed by atoms with Gasteiger partial charge in [-0.2, -0.15) is 0 Å². The van der Waals surface area contributed by atoms with E-state index in [1.54, 1.807) is 18.3 Å². The van der Waals surface area contributed by atoms with Gasteiger partial charge >= 0.3 is 0 Å². The van der Waals surface area contributed by atoms with E-state index in [0.29, 0.717) is 0 Å². The predicted molar refractivity (Wildman–Crippen MR) is 64.0 cm³/mol. The minimum absolute atomic E-state index is 0.0794. The van der Waals surface area contributed by atoms with E-state index < -0.39 is 4.92 Å². The first kappa shape index (κ1) is 10.8. The number of nitro benzene ring substituents is 1. The maximum absolute atomic E-state index is 10.5. The monoisotopic (exact) mass is 278 g/mol. The summed E-state index contributed by atoms with van der Waals surface area (Å²) in [6, 6.07) is 10.0. The van der Waals surface area contributed by atoms with E-state index in [0.717, 1.165) is 15.7 Å². The highest BCUT2D eigenvalue weighted by Gasteiger charge is 2.07. The summed E-state index contributed by atoms with van der Waals surface area (Å²) in [7, 11) is 0. The first-order valence-corrected chi connectivity index (χ1v) is 5.33. The molecular weight excluding hydrogens is 272 g/mol. The van der Waals surface area contributed by atoms with E-state index in [9.17, 15) is 10.1 Å². The number of hydrogen-bond acceptors (Lipinski definition) is 3. The average Bonchev–Trinajstić information content (AvgIpc) is 2.30. The molecule has 1 heterocycles. The molecule has 0 spiro atoms. The molecule has 5 heteroatoms. The molecule has 0 N–H and O–H groups in total. The Kier molecular flexibility index (Phi) is 2.96. The summed E-state index contributed by atoms with van der Waals surface area (Å²) >= 11 is 3.38. The molecule has 0 fully saturated rings. The van der Waals surface area contributed by atoms with E-state index in [1.165, 1.54) is 12.1 Å². The first-order chi connectivity index (χ1) is 7.68. The lowest BCUT2D eigenvalue weighted by Gasteiger charge is -2.02. The van der Waals surface area contributed by atoms with Gasteiger partial charge in [0.2, 0.25) is 0 Å². The molecule has 1 aromatic carbocycles. The largest absolute Gasteiger partial charge is 0.269 e. The van der Waals surface area contributed by atoms with E-state index in [1.807, 2.05) is 12.1 Å². The van der Waals surface area contributed by atoms with Crippen LogP contribution in [-0.4, -0.2) is 9.91 Å². The second kappa shape index (κ2) is 4.40. The minimum Gasteiger partial charge on any atom is -0.258 e. The van der Waals surface area contributed by atoms with Gasteiger partial charge < -0.3 is 0 Å². The predicted octanol–water partition coefficient (Wildman–Crippen LogP) is 3.42. The fourth-order valence-corrected chi connectivity index (χ4v) is 1.82. The lowest BCUT2D eigenvalue weighted by molar-refractivity contribution is -0.384. The molecule has 2 rings (SSSR count). The lowest BCUT2D eigenvalue weighted by atomic mass is 10.1. The molecule has 0 amide bonds. The number of nitrogens with zero attached hydrogens (tertiary/aromatic N) is 2. The molecule has 80 valence electrons. The number of rotatable bonds is 2. The van der Waals surface area contributed by atoms with Crippen LogP contribution in [0.15, 0.2) is 47.1 Å². The van der Waals surface area contributed by atoms with Crippen LogP contribution in [0.3, 0.4) is 0 Å². The Hall–Kier alpha value is -1.75. The summed E-state index contributed by atoms with van der Waals surface area (Å²) in [5.74, 6) is 0. The zero-order valence-corrected chi connectivity index (χ0v) is 9.72. The Bertz CT molecular complexity index is 526. The zero-order chi connectivity index (χ0) is 11.5. The van der Waals surface area contributed by atoms with Gasteiger partial charge in [0, 0.05) is 28.4 Å². The molecule has 2 aromatic rings. The molecule has 0 radical (unpaired) electrons. The molecule has 0 aliphatic carbocycles. The highest BCUT2D eigenvalue weighted by atomic mass is 79.9. The van der Waals surface area contributed by atoms with Crippen molar-refractivity contribution in [3.8, 4) is 11.3 Å². The number of non-ortho nitro benzene ring substituents is 1. The molecule has 0 saturated carbocycles. The average molecular weight is 279 g/mol. The van der Waals surface area contributed by atoms with Gasteiger partial charge in [0.25, 0.3) is 5.69 Å². The van der Waals surface area contributed by atoms with Gasteiger partial charge in [0.05, 0.1) is 10.6 Å². The van der Waals surface area contributed by atoms with Gasteiger partial charge in [-0.25, -0.2) is 0 Å². The molecule has 0 aliphatic rings. The van der Waals surface area contributed by atoms with Gasteiger partial charge in [-0.05, 0) is 40.2 Å². The van der Waals surface area contributed by atoms with E-state index in [2.05, 4.69) is 20.9 Å². The van der Waals surface area contributed by atoms with Crippen molar-refractivity contribution in [2.24, 2.45) is 0 Å². The van der Waals surface area contributed by atoms with Crippen LogP contribution in [0.25, 0.3) is 11.3 Å². The second-order valence-electron chi connectivity index (χ2n) is 3.14. The summed E-state index contributed by atoms with van der Waals surface area (Å²) in [4.78, 5) is 14.3. The van der Waals surface area contributed by atoms with Crippen molar-refractivity contribution in [3.63, 3.8) is 0 Å². The van der Waals surface area contributed by atoms with Crippen molar-refractivity contribution < 1.29 is 4.92 Å². The summed E-state index contributed by atoms with van der Waals surface area (Å²) in [6.07, 6.45) is 1.68. The van der Waals surface area contributed by atoms with Crippen LogP contribution in [0.4, 0.5) is 5.69 Å². The summed E-state index contributed by atoms with van der Waals surface area (Å²) in [6.45, 7) is 0. The van der Waals surface area contributed by atoms with Gasteiger partial charge in [0.15, 0.2) is 0 Å². The second-order valence-corrected chi connectivity index (χ2v) is 3.99. The van der Waals surface area contributed by atoms with Crippen LogP contribution in [0, 0.1) is 10.1 Å². The molecular formula is C11H7BrN2O2. The van der Waals surface area contributed by atoms with Crippen molar-refractivity contribution in [3.05, 3.63) is 57.2 Å². The number of halogens is 1. The topological polar surface area (TPSA) is 56.0 Å². The Balaban J connectivity index is 2.43. The van der Waals surface area contributed by atoms with Gasteiger partial charge in [-0.15, -0.1) is 0 Å². The molecule has 0 bridgehead atoms. The van der Waals surface area contributed by atoms with E-state index in [4.69, 9.17) is 0 Å². The number of hydrogen-bond donors (Lipinski definition) is 0. The number of aromatic nitrogens is 1. The maximum Gasteiger partial charge on any atom is 0.269 e. The number of benzene rings is 1. The third-order valence-electron chi connectivity index (χ3n) is 2.11. The van der Waals surface area contributed by atoms with Gasteiger partial charge in [-0.1, -0.05) is 0 Å². The zero-order valence-electron chi connectivity index (χ0n) is 8.13. The number of nitro groups is 1. The Labute approximate surface area is 100 Å². The first-order valence-electron chi connectivity index (χ1n) is 4.54. The normalized spacial score (nSPS) is 10.1. The van der Waals surface area contributed by atoms with E-state index in [-0.39, 0.29) is 5.69 Å². The summed E-state index contributed by atoms with van der Waals surface area (Å²) in [5.41, 5.74) is 1.70. The van der Waals surface area contributed by atoms with Crippen LogP contribution in [0.1, 0.15) is 0 Å². The molecule has 0 atom stereocenters. The molecule has 0 saturated heterocycles. The highest BCUT2D eigenvalue weighted by Crippen LogP contribution is 2.26. The van der Waals surface area contributed by atoms with Crippen molar-refractivity contribution >= 4 is 21.6 Å². The minimum atomic E-state index is -0.419. The van der Waals surface area contributed by atoms with Crippen LogP contribution in [0.5, 0.6) is 0 Å². The summed E-state index contributed by atoms with van der Waals surface area (Å²) in [5, 5.41) is 10.5. The molecule has 1 aromatic heterocycles. The smallest absolute Gasteiger partial charge is 0.258 e. The Morgan fingerprint density at radius 1 is 1.19 bits per heavy atom. The van der Waals surface area contributed by atoms with Crippen LogP contribution in [0.2, 0.25) is 0 Å². The maximum atomic E-state index is 10.5. The lowest BCUT2D eigenvalue weighted by Crippen LogP contribution is -1.88. The van der Waals surface area contributed by atoms with Crippen LogP contribution in [-0.2, 0) is 0 Å². The Morgan fingerprint density at radius 2 is 1.88 bits per heavy atom. The quantitative estimate of drug-likeness (QED) is 0.625. The summed E-state index contributed by atoms with van der Waals surface area (Å²) < 4.78 is 0.865. The fraction of sp³-hybridized carbons (Fsp3) is 0. The van der Waals surface area contributed by atoms with Crippen molar-refractivity contribution in [1.82, 2.24) is 4.98 Å². The molecule has 16 heavy (non-hydrogen) atoms. The Morgan fingerprint density at radius 3 is 2.44 bits per heavy atom. The third-order valence-corrected chi connectivity index (χ3v) is 2.75.